The molecule has 0 aromatic heterocycles. The highest BCUT2D eigenvalue weighted by atomic mass is 16.3. The van der Waals surface area contributed by atoms with Gasteiger partial charge in [0.1, 0.15) is 5.75 Å². The topological polar surface area (TPSA) is 49.3 Å². The molecule has 0 atom stereocenters. The Hall–Kier alpha value is -1.77. The largest absolute Gasteiger partial charge is 0.507 e. The van der Waals surface area contributed by atoms with Crippen molar-refractivity contribution in [1.29, 1.82) is 0 Å². The Morgan fingerprint density at radius 3 is 1.96 bits per heavy atom. The first-order valence-corrected chi connectivity index (χ1v) is 11.5. The molecule has 0 saturated carbocycles. The normalized spacial score (nSPS) is 11.2. The molecule has 1 rings (SSSR count). The van der Waals surface area contributed by atoms with E-state index in [-0.39, 0.29) is 11.7 Å². The van der Waals surface area contributed by atoms with Gasteiger partial charge in [0.25, 0.3) is 5.91 Å². The summed E-state index contributed by atoms with van der Waals surface area (Å²) in [6.07, 6.45) is 22.7. The molecule has 0 aliphatic rings. The molecule has 1 aromatic rings. The Balaban J connectivity index is 1.85. The van der Waals surface area contributed by atoms with Crippen molar-refractivity contribution in [3.8, 4) is 5.75 Å². The van der Waals surface area contributed by atoms with Gasteiger partial charge < -0.3 is 10.4 Å². The average Bonchev–Trinajstić information content (AvgIpc) is 2.70. The number of phenols is 1. The summed E-state index contributed by atoms with van der Waals surface area (Å²) in [6, 6.07) is 6.67. The molecule has 3 heteroatoms. The average molecular weight is 388 g/mol. The van der Waals surface area contributed by atoms with E-state index in [2.05, 4.69) is 24.4 Å². The van der Waals surface area contributed by atoms with Gasteiger partial charge in [-0.15, -0.1) is 0 Å². The van der Waals surface area contributed by atoms with Gasteiger partial charge in [0.15, 0.2) is 0 Å². The molecule has 0 spiro atoms. The summed E-state index contributed by atoms with van der Waals surface area (Å²) in [5.41, 5.74) is 0.354. The molecule has 0 aliphatic carbocycles. The van der Waals surface area contributed by atoms with Crippen LogP contribution in [-0.4, -0.2) is 17.6 Å². The number of carbonyl (C=O) groups excluding carboxylic acids is 1. The van der Waals surface area contributed by atoms with Gasteiger partial charge >= 0.3 is 0 Å². The first-order chi connectivity index (χ1) is 13.8. The first kappa shape index (κ1) is 24.3. The lowest BCUT2D eigenvalue weighted by Crippen LogP contribution is -2.24. The summed E-state index contributed by atoms with van der Waals surface area (Å²) in [6.45, 7) is 2.94. The Morgan fingerprint density at radius 1 is 0.821 bits per heavy atom. The number of allylic oxidation sites excluding steroid dienone is 2. The Kier molecular flexibility index (Phi) is 15.0. The molecule has 1 aromatic carbocycles. The van der Waals surface area contributed by atoms with Crippen molar-refractivity contribution in [2.75, 3.05) is 6.54 Å². The smallest absolute Gasteiger partial charge is 0.255 e. The minimum atomic E-state index is -0.189. The molecule has 2 N–H and O–H groups in total. The summed E-state index contributed by atoms with van der Waals surface area (Å²) in [7, 11) is 0. The fraction of sp³-hybridized carbons (Fsp3) is 0.640. The van der Waals surface area contributed by atoms with Crippen LogP contribution in [0.2, 0.25) is 0 Å². The number of rotatable bonds is 17. The van der Waals surface area contributed by atoms with Gasteiger partial charge in [-0.25, -0.2) is 0 Å². The van der Waals surface area contributed by atoms with Crippen LogP contribution in [0.4, 0.5) is 0 Å². The van der Waals surface area contributed by atoms with Crippen LogP contribution in [0.3, 0.4) is 0 Å². The maximum absolute atomic E-state index is 11.9. The second-order valence-corrected chi connectivity index (χ2v) is 7.71. The van der Waals surface area contributed by atoms with Crippen molar-refractivity contribution in [2.24, 2.45) is 0 Å². The van der Waals surface area contributed by atoms with E-state index in [1.807, 2.05) is 0 Å². The minimum Gasteiger partial charge on any atom is -0.507 e. The van der Waals surface area contributed by atoms with Gasteiger partial charge in [0.2, 0.25) is 0 Å². The number of para-hydroxylation sites is 1. The zero-order valence-electron chi connectivity index (χ0n) is 17.9. The Morgan fingerprint density at radius 2 is 1.36 bits per heavy atom. The molecule has 0 saturated heterocycles. The van der Waals surface area contributed by atoms with Crippen molar-refractivity contribution in [3.63, 3.8) is 0 Å². The molecule has 0 unspecified atom stereocenters. The van der Waals surface area contributed by atoms with Crippen LogP contribution >= 0.6 is 0 Å². The number of aromatic hydroxyl groups is 1. The predicted molar refractivity (Wildman–Crippen MR) is 120 cm³/mol. The van der Waals surface area contributed by atoms with E-state index < -0.39 is 0 Å². The van der Waals surface area contributed by atoms with E-state index in [1.165, 1.54) is 77.0 Å². The van der Waals surface area contributed by atoms with E-state index >= 15 is 0 Å². The van der Waals surface area contributed by atoms with Crippen LogP contribution in [0, 0.1) is 0 Å². The highest BCUT2D eigenvalue weighted by Crippen LogP contribution is 2.15. The molecule has 28 heavy (non-hydrogen) atoms. The van der Waals surface area contributed by atoms with Crippen LogP contribution in [0.15, 0.2) is 36.4 Å². The summed E-state index contributed by atoms with van der Waals surface area (Å²) in [4.78, 5) is 11.9. The molecule has 0 heterocycles. The van der Waals surface area contributed by atoms with Gasteiger partial charge in [-0.1, -0.05) is 89.0 Å². The van der Waals surface area contributed by atoms with Crippen molar-refractivity contribution in [2.45, 2.75) is 96.8 Å². The third-order valence-electron chi connectivity index (χ3n) is 5.12. The maximum Gasteiger partial charge on any atom is 0.255 e. The van der Waals surface area contributed by atoms with Gasteiger partial charge in [-0.05, 0) is 44.2 Å². The molecule has 0 radical (unpaired) electrons. The van der Waals surface area contributed by atoms with Crippen molar-refractivity contribution < 1.29 is 9.90 Å². The van der Waals surface area contributed by atoms with Gasteiger partial charge in [-0.3, -0.25) is 4.79 Å². The third-order valence-corrected chi connectivity index (χ3v) is 5.12. The van der Waals surface area contributed by atoms with Gasteiger partial charge in [0, 0.05) is 6.54 Å². The van der Waals surface area contributed by atoms with Crippen LogP contribution < -0.4 is 5.32 Å². The highest BCUT2D eigenvalue weighted by molar-refractivity contribution is 5.96. The summed E-state index contributed by atoms with van der Waals surface area (Å²) < 4.78 is 0. The van der Waals surface area contributed by atoms with E-state index in [9.17, 15) is 9.90 Å². The number of amides is 1. The monoisotopic (exact) mass is 387 g/mol. The fourth-order valence-electron chi connectivity index (χ4n) is 3.34. The number of unbranched alkanes of at least 4 members (excludes halogenated alkanes) is 12. The molecular formula is C25H41NO2. The first-order valence-electron chi connectivity index (χ1n) is 11.5. The number of phenolic OH excluding ortho intramolecular Hbond substituents is 1. The maximum atomic E-state index is 11.9. The Bertz CT molecular complexity index is 539. The summed E-state index contributed by atoms with van der Waals surface area (Å²) >= 11 is 0. The molecule has 0 fully saturated rings. The second kappa shape index (κ2) is 17.3. The number of hydrogen-bond acceptors (Lipinski definition) is 2. The fourth-order valence-corrected chi connectivity index (χ4v) is 3.34. The zero-order chi connectivity index (χ0) is 20.3. The van der Waals surface area contributed by atoms with Crippen LogP contribution in [0.5, 0.6) is 5.75 Å². The van der Waals surface area contributed by atoms with E-state index in [0.717, 1.165) is 12.8 Å². The quantitative estimate of drug-likeness (QED) is 0.220. The van der Waals surface area contributed by atoms with Crippen LogP contribution in [-0.2, 0) is 0 Å². The van der Waals surface area contributed by atoms with Crippen molar-refractivity contribution >= 4 is 5.91 Å². The van der Waals surface area contributed by atoms with Crippen molar-refractivity contribution in [3.05, 3.63) is 42.0 Å². The number of carbonyl (C=O) groups is 1. The number of nitrogens with one attached hydrogen (secondary N) is 1. The minimum absolute atomic E-state index is 0.0426. The number of benzene rings is 1. The SMILES string of the molecule is CCCCCCCC/C=C\CCCCCCCCNC(=O)c1ccccc1O. The molecule has 158 valence electrons. The van der Waals surface area contributed by atoms with Crippen LogP contribution in [0.25, 0.3) is 0 Å². The molecule has 1 amide bonds. The molecule has 0 aliphatic heterocycles. The Labute approximate surface area is 172 Å². The molecule has 3 nitrogen and oxygen atoms in total. The van der Waals surface area contributed by atoms with Crippen molar-refractivity contribution in [1.82, 2.24) is 5.32 Å². The molecular weight excluding hydrogens is 346 g/mol. The van der Waals surface area contributed by atoms with E-state index in [4.69, 9.17) is 0 Å². The molecule has 0 bridgehead atoms. The van der Waals surface area contributed by atoms with Gasteiger partial charge in [0.05, 0.1) is 5.56 Å². The second-order valence-electron chi connectivity index (χ2n) is 7.71. The lowest BCUT2D eigenvalue weighted by atomic mass is 10.1. The standard InChI is InChI=1S/C25H41NO2/c1-2-3-4-5-6-7-8-9-10-11-12-13-14-15-16-19-22-26-25(28)23-20-17-18-21-24(23)27/h9-10,17-18,20-21,27H,2-8,11-16,19,22H2,1H3,(H,26,28)/b10-9-. The summed E-state index contributed by atoms with van der Waals surface area (Å²) in [5, 5.41) is 12.5. The predicted octanol–water partition coefficient (Wildman–Crippen LogP) is 7.16. The third kappa shape index (κ3) is 12.6. The lowest BCUT2D eigenvalue weighted by molar-refractivity contribution is 0.0950. The highest BCUT2D eigenvalue weighted by Gasteiger charge is 2.08. The zero-order valence-corrected chi connectivity index (χ0v) is 17.9. The number of hydrogen-bond donors (Lipinski definition) is 2. The van der Waals surface area contributed by atoms with E-state index in [0.29, 0.717) is 12.1 Å². The van der Waals surface area contributed by atoms with Gasteiger partial charge in [-0.2, -0.15) is 0 Å². The van der Waals surface area contributed by atoms with E-state index in [1.54, 1.807) is 24.3 Å². The van der Waals surface area contributed by atoms with Crippen LogP contribution in [0.1, 0.15) is 107 Å². The lowest BCUT2D eigenvalue weighted by Gasteiger charge is -2.06. The summed E-state index contributed by atoms with van der Waals surface area (Å²) in [5.74, 6) is -0.146.